The molecule has 3 aliphatic carbocycles. The number of rotatable bonds is 2. The lowest BCUT2D eigenvalue weighted by atomic mass is 9.60. The van der Waals surface area contributed by atoms with Crippen molar-refractivity contribution in [3.63, 3.8) is 0 Å². The maximum atomic E-state index is 4.64. The monoisotopic (exact) mass is 382 g/mol. The maximum absolute atomic E-state index is 4.64. The Balaban J connectivity index is 1.34. The first-order chi connectivity index (χ1) is 11.8. The van der Waals surface area contributed by atoms with Crippen molar-refractivity contribution in [1.82, 2.24) is 10.3 Å². The Morgan fingerprint density at radius 1 is 1.08 bits per heavy atom. The van der Waals surface area contributed by atoms with Gasteiger partial charge in [-0.3, -0.25) is 4.98 Å². The van der Waals surface area contributed by atoms with Crippen molar-refractivity contribution >= 4 is 15.9 Å². The van der Waals surface area contributed by atoms with Crippen LogP contribution < -0.4 is 5.32 Å². The van der Waals surface area contributed by atoms with Gasteiger partial charge in [0.05, 0.1) is 0 Å². The average Bonchev–Trinajstić information content (AvgIpc) is 2.59. The van der Waals surface area contributed by atoms with E-state index in [-0.39, 0.29) is 0 Å². The highest BCUT2D eigenvalue weighted by Gasteiger charge is 2.45. The number of aryl methyl sites for hydroxylation is 2. The summed E-state index contributed by atoms with van der Waals surface area (Å²) in [4.78, 5) is 4.64. The van der Waals surface area contributed by atoms with Gasteiger partial charge in [0.15, 0.2) is 0 Å². The molecule has 1 heterocycles. The van der Waals surface area contributed by atoms with Crippen LogP contribution in [0.2, 0.25) is 0 Å². The Bertz CT molecular complexity index is 772. The molecular weight excluding hydrogens is 360 g/mol. The third kappa shape index (κ3) is 2.44. The first-order valence-electron chi connectivity index (χ1n) is 9.28. The van der Waals surface area contributed by atoms with Crippen LogP contribution in [-0.2, 0) is 12.8 Å². The van der Waals surface area contributed by atoms with Gasteiger partial charge in [-0.25, -0.2) is 0 Å². The lowest BCUT2D eigenvalue weighted by molar-refractivity contribution is 0.128. The molecule has 2 aromatic rings. The molecule has 0 amide bonds. The molecule has 3 aliphatic rings. The molecule has 1 aromatic heterocycles. The second-order valence-electron chi connectivity index (χ2n) is 7.65. The molecule has 1 fully saturated rings. The molecule has 124 valence electrons. The first kappa shape index (κ1) is 15.1. The van der Waals surface area contributed by atoms with Crippen molar-refractivity contribution in [1.29, 1.82) is 0 Å². The SMILES string of the molecule is Brc1cnc2c(c1)C(NC1CC3c4ccccc4CCC13)CCC2. The maximum Gasteiger partial charge on any atom is 0.0452 e. The topological polar surface area (TPSA) is 24.9 Å². The molecule has 1 saturated carbocycles. The van der Waals surface area contributed by atoms with Gasteiger partial charge in [-0.05, 0) is 89.0 Å². The molecule has 1 aromatic carbocycles. The van der Waals surface area contributed by atoms with Crippen LogP contribution >= 0.6 is 15.9 Å². The number of nitrogens with one attached hydrogen (secondary N) is 1. The van der Waals surface area contributed by atoms with Gasteiger partial charge in [0.2, 0.25) is 0 Å². The van der Waals surface area contributed by atoms with E-state index in [0.29, 0.717) is 12.1 Å². The number of halogens is 1. The van der Waals surface area contributed by atoms with Crippen LogP contribution in [-0.4, -0.2) is 11.0 Å². The Morgan fingerprint density at radius 2 is 2.00 bits per heavy atom. The van der Waals surface area contributed by atoms with Crippen LogP contribution in [0.15, 0.2) is 41.0 Å². The number of fused-ring (bicyclic) bond motifs is 4. The number of pyridine rings is 1. The van der Waals surface area contributed by atoms with E-state index in [1.54, 1.807) is 11.1 Å². The van der Waals surface area contributed by atoms with Crippen LogP contribution in [0.1, 0.15) is 60.0 Å². The standard InChI is InChI=1S/C21H23BrN2/c22-14-10-18-19(23-12-14)6-3-7-20(18)24-21-11-17-15-5-2-1-4-13(15)8-9-16(17)21/h1-2,4-5,10,12,16-17,20-21,24H,3,6-9,11H2. The number of aromatic nitrogens is 1. The van der Waals surface area contributed by atoms with Crippen molar-refractivity contribution in [3.05, 3.63) is 63.4 Å². The third-order valence-electron chi connectivity index (χ3n) is 6.41. The molecule has 2 nitrogen and oxygen atoms in total. The summed E-state index contributed by atoms with van der Waals surface area (Å²) in [6, 6.07) is 12.5. The van der Waals surface area contributed by atoms with Gasteiger partial charge >= 0.3 is 0 Å². The zero-order chi connectivity index (χ0) is 16.1. The highest BCUT2D eigenvalue weighted by molar-refractivity contribution is 9.10. The Kier molecular flexibility index (Phi) is 3.75. The highest BCUT2D eigenvalue weighted by Crippen LogP contribution is 2.50. The molecule has 0 radical (unpaired) electrons. The van der Waals surface area contributed by atoms with Crippen molar-refractivity contribution in [3.8, 4) is 0 Å². The van der Waals surface area contributed by atoms with Crippen LogP contribution in [0, 0.1) is 5.92 Å². The van der Waals surface area contributed by atoms with Crippen LogP contribution in [0.25, 0.3) is 0 Å². The summed E-state index contributed by atoms with van der Waals surface area (Å²) in [5.41, 5.74) is 5.94. The molecule has 4 atom stereocenters. The summed E-state index contributed by atoms with van der Waals surface area (Å²) in [7, 11) is 0. The smallest absolute Gasteiger partial charge is 0.0452 e. The van der Waals surface area contributed by atoms with E-state index in [1.165, 1.54) is 43.4 Å². The minimum absolute atomic E-state index is 0.488. The van der Waals surface area contributed by atoms with Crippen molar-refractivity contribution in [2.45, 2.75) is 56.5 Å². The summed E-state index contributed by atoms with van der Waals surface area (Å²) < 4.78 is 1.10. The zero-order valence-corrected chi connectivity index (χ0v) is 15.4. The number of hydrogen-bond donors (Lipinski definition) is 1. The van der Waals surface area contributed by atoms with E-state index in [0.717, 1.165) is 22.7 Å². The third-order valence-corrected chi connectivity index (χ3v) is 6.84. The summed E-state index contributed by atoms with van der Waals surface area (Å²) in [5, 5.41) is 4.01. The Morgan fingerprint density at radius 3 is 2.96 bits per heavy atom. The number of hydrogen-bond acceptors (Lipinski definition) is 2. The second kappa shape index (κ2) is 5.96. The van der Waals surface area contributed by atoms with E-state index in [9.17, 15) is 0 Å². The largest absolute Gasteiger partial charge is 0.307 e. The van der Waals surface area contributed by atoms with Gasteiger partial charge in [0.25, 0.3) is 0 Å². The van der Waals surface area contributed by atoms with E-state index >= 15 is 0 Å². The van der Waals surface area contributed by atoms with Gasteiger partial charge in [0.1, 0.15) is 0 Å². The average molecular weight is 383 g/mol. The number of benzene rings is 1. The van der Waals surface area contributed by atoms with Gasteiger partial charge in [-0.15, -0.1) is 0 Å². The highest BCUT2D eigenvalue weighted by atomic mass is 79.9. The Labute approximate surface area is 152 Å². The quantitative estimate of drug-likeness (QED) is 0.796. The van der Waals surface area contributed by atoms with Gasteiger partial charge < -0.3 is 5.32 Å². The summed E-state index contributed by atoms with van der Waals surface area (Å²) >= 11 is 3.60. The van der Waals surface area contributed by atoms with Gasteiger partial charge in [-0.2, -0.15) is 0 Å². The fourth-order valence-corrected chi connectivity index (χ4v) is 5.51. The van der Waals surface area contributed by atoms with E-state index in [4.69, 9.17) is 0 Å². The van der Waals surface area contributed by atoms with Gasteiger partial charge in [-0.1, -0.05) is 24.3 Å². The predicted molar refractivity (Wildman–Crippen MR) is 100 cm³/mol. The van der Waals surface area contributed by atoms with Crippen molar-refractivity contribution in [2.75, 3.05) is 0 Å². The lowest BCUT2D eigenvalue weighted by Crippen LogP contribution is -2.52. The predicted octanol–water partition coefficient (Wildman–Crippen LogP) is 4.93. The Hall–Kier alpha value is -1.19. The second-order valence-corrected chi connectivity index (χ2v) is 8.57. The number of nitrogens with zero attached hydrogens (tertiary/aromatic N) is 1. The molecule has 24 heavy (non-hydrogen) atoms. The molecule has 0 bridgehead atoms. The van der Waals surface area contributed by atoms with E-state index in [2.05, 4.69) is 56.6 Å². The molecule has 0 aliphatic heterocycles. The fraction of sp³-hybridized carbons (Fsp3) is 0.476. The summed E-state index contributed by atoms with van der Waals surface area (Å²) in [5.74, 6) is 1.61. The van der Waals surface area contributed by atoms with E-state index in [1.807, 2.05) is 6.20 Å². The molecule has 3 heteroatoms. The molecular formula is C21H23BrN2. The van der Waals surface area contributed by atoms with Crippen molar-refractivity contribution < 1.29 is 0 Å². The molecule has 0 spiro atoms. The summed E-state index contributed by atoms with van der Waals surface area (Å²) in [6.45, 7) is 0. The lowest BCUT2D eigenvalue weighted by Gasteiger charge is -2.50. The molecule has 4 unspecified atom stereocenters. The molecule has 0 saturated heterocycles. The van der Waals surface area contributed by atoms with E-state index < -0.39 is 0 Å². The summed E-state index contributed by atoms with van der Waals surface area (Å²) in [6.07, 6.45) is 9.47. The van der Waals surface area contributed by atoms with Gasteiger partial charge in [0, 0.05) is 28.4 Å². The molecule has 5 rings (SSSR count). The zero-order valence-electron chi connectivity index (χ0n) is 13.8. The molecule has 1 N–H and O–H groups in total. The van der Waals surface area contributed by atoms with Crippen molar-refractivity contribution in [2.24, 2.45) is 5.92 Å². The minimum Gasteiger partial charge on any atom is -0.307 e. The van der Waals surface area contributed by atoms with Crippen LogP contribution in [0.4, 0.5) is 0 Å². The minimum atomic E-state index is 0.488. The fourth-order valence-electron chi connectivity index (χ4n) is 5.16. The first-order valence-corrected chi connectivity index (χ1v) is 10.1. The normalized spacial score (nSPS) is 30.7. The van der Waals surface area contributed by atoms with Crippen LogP contribution in [0.5, 0.6) is 0 Å². The van der Waals surface area contributed by atoms with Crippen LogP contribution in [0.3, 0.4) is 0 Å².